The molecule has 0 radical (unpaired) electrons. The van der Waals surface area contributed by atoms with Crippen LogP contribution in [0.4, 0.5) is 0 Å². The molecule has 5 nitrogen and oxygen atoms in total. The molecule has 2 aromatic heterocycles. The van der Waals surface area contributed by atoms with E-state index < -0.39 is 0 Å². The maximum atomic E-state index is 11.9. The largest absolute Gasteiger partial charge is 0.466 e. The van der Waals surface area contributed by atoms with Gasteiger partial charge in [-0.1, -0.05) is 6.07 Å². The molecule has 106 valence electrons. The van der Waals surface area contributed by atoms with E-state index in [9.17, 15) is 9.59 Å². The molecular weight excluding hydrogens is 276 g/mol. The fourth-order valence-corrected chi connectivity index (χ4v) is 2.55. The molecule has 2 aromatic rings. The molecule has 0 atom stereocenters. The Labute approximate surface area is 121 Å². The van der Waals surface area contributed by atoms with Crippen LogP contribution in [0.15, 0.2) is 29.9 Å². The minimum Gasteiger partial charge on any atom is -0.466 e. The second-order valence-corrected chi connectivity index (χ2v) is 5.15. The summed E-state index contributed by atoms with van der Waals surface area (Å²) in [6.07, 6.45) is 3.78. The van der Waals surface area contributed by atoms with Crippen LogP contribution < -0.4 is 0 Å². The number of hydrogen-bond acceptors (Lipinski definition) is 5. The van der Waals surface area contributed by atoms with Crippen LogP contribution in [0.3, 0.4) is 0 Å². The summed E-state index contributed by atoms with van der Waals surface area (Å²) in [7, 11) is 0. The Kier molecular flexibility index (Phi) is 5.06. The van der Waals surface area contributed by atoms with E-state index in [4.69, 9.17) is 4.74 Å². The lowest BCUT2D eigenvalue weighted by Gasteiger charge is -2.06. The van der Waals surface area contributed by atoms with Gasteiger partial charge in [0.2, 0.25) is 0 Å². The number of ketones is 1. The molecule has 0 fully saturated rings. The van der Waals surface area contributed by atoms with Crippen LogP contribution in [0.5, 0.6) is 0 Å². The van der Waals surface area contributed by atoms with Crippen molar-refractivity contribution in [2.45, 2.75) is 26.3 Å². The van der Waals surface area contributed by atoms with Gasteiger partial charge in [-0.05, 0) is 18.4 Å². The van der Waals surface area contributed by atoms with Crippen LogP contribution in [0, 0.1) is 0 Å². The van der Waals surface area contributed by atoms with Crippen LogP contribution in [0.2, 0.25) is 0 Å². The topological polar surface area (TPSA) is 61.2 Å². The Balaban J connectivity index is 1.92. The van der Waals surface area contributed by atoms with Gasteiger partial charge in [-0.3, -0.25) is 9.59 Å². The summed E-state index contributed by atoms with van der Waals surface area (Å²) in [6.45, 7) is 2.32. The van der Waals surface area contributed by atoms with Crippen LogP contribution in [-0.4, -0.2) is 27.9 Å². The highest BCUT2D eigenvalue weighted by molar-refractivity contribution is 7.13. The van der Waals surface area contributed by atoms with Crippen LogP contribution >= 0.6 is 11.3 Å². The normalized spacial score (nSPS) is 10.4. The first-order chi connectivity index (χ1) is 9.70. The molecule has 0 N–H and O–H groups in total. The number of carbonyl (C=O) groups excluding carboxylic acids is 2. The number of Topliss-reactive ketones (excluding diaryl/α,β-unsaturated/α-hetero) is 1. The number of imidazole rings is 1. The van der Waals surface area contributed by atoms with Crippen LogP contribution in [0.25, 0.3) is 10.7 Å². The monoisotopic (exact) mass is 292 g/mol. The van der Waals surface area contributed by atoms with E-state index in [0.717, 1.165) is 10.7 Å². The summed E-state index contributed by atoms with van der Waals surface area (Å²) in [5.41, 5.74) is 0. The maximum Gasteiger partial charge on any atom is 0.306 e. The summed E-state index contributed by atoms with van der Waals surface area (Å²) < 4.78 is 6.61. The van der Waals surface area contributed by atoms with Crippen LogP contribution in [0.1, 0.15) is 19.8 Å². The highest BCUT2D eigenvalue weighted by Crippen LogP contribution is 2.22. The second-order valence-electron chi connectivity index (χ2n) is 4.20. The molecule has 6 heteroatoms. The molecule has 0 bridgehead atoms. The highest BCUT2D eigenvalue weighted by atomic mass is 32.1. The van der Waals surface area contributed by atoms with Gasteiger partial charge >= 0.3 is 5.97 Å². The molecule has 0 aliphatic carbocycles. The third kappa shape index (κ3) is 3.77. The zero-order valence-corrected chi connectivity index (χ0v) is 12.1. The fraction of sp³-hybridized carbons (Fsp3) is 0.357. The van der Waals surface area contributed by atoms with Gasteiger partial charge in [-0.2, -0.15) is 0 Å². The Bertz CT molecular complexity index is 575. The number of rotatable bonds is 7. The van der Waals surface area contributed by atoms with E-state index in [2.05, 4.69) is 4.98 Å². The number of esters is 1. The summed E-state index contributed by atoms with van der Waals surface area (Å²) in [4.78, 5) is 28.4. The third-order valence-corrected chi connectivity index (χ3v) is 3.58. The van der Waals surface area contributed by atoms with Crippen LogP contribution in [-0.2, 0) is 20.9 Å². The Morgan fingerprint density at radius 1 is 1.40 bits per heavy atom. The molecule has 0 unspecified atom stereocenters. The molecule has 2 rings (SSSR count). The number of hydrogen-bond donors (Lipinski definition) is 0. The standard InChI is InChI=1S/C14H16N2O3S/c1-2-19-13(18)6-5-11(17)10-16-8-7-15-14(16)12-4-3-9-20-12/h3-4,7-9H,2,5-6,10H2,1H3. The first-order valence-electron chi connectivity index (χ1n) is 6.43. The first kappa shape index (κ1) is 14.5. The van der Waals surface area contributed by atoms with Gasteiger partial charge in [0, 0.05) is 18.8 Å². The summed E-state index contributed by atoms with van der Waals surface area (Å²) in [5.74, 6) is 0.448. The number of aromatic nitrogens is 2. The second kappa shape index (κ2) is 7.00. The van der Waals surface area contributed by atoms with Crippen molar-refractivity contribution in [2.75, 3.05) is 6.61 Å². The van der Waals surface area contributed by atoms with E-state index in [1.165, 1.54) is 0 Å². The van der Waals surface area contributed by atoms with Gasteiger partial charge in [-0.25, -0.2) is 4.98 Å². The van der Waals surface area contributed by atoms with Crippen molar-refractivity contribution in [3.8, 4) is 10.7 Å². The first-order valence-corrected chi connectivity index (χ1v) is 7.31. The molecule has 20 heavy (non-hydrogen) atoms. The van der Waals surface area contributed by atoms with Gasteiger partial charge in [0.1, 0.15) is 5.82 Å². The van der Waals surface area contributed by atoms with Gasteiger partial charge in [0.05, 0.1) is 24.4 Å². The molecule has 0 amide bonds. The van der Waals surface area contributed by atoms with Crippen molar-refractivity contribution in [2.24, 2.45) is 0 Å². The average Bonchev–Trinajstić information content (AvgIpc) is 3.07. The van der Waals surface area contributed by atoms with Gasteiger partial charge in [-0.15, -0.1) is 11.3 Å². The highest BCUT2D eigenvalue weighted by Gasteiger charge is 2.12. The quantitative estimate of drug-likeness (QED) is 0.736. The molecule has 0 saturated heterocycles. The van der Waals surface area contributed by atoms with Crippen molar-refractivity contribution >= 4 is 23.1 Å². The lowest BCUT2D eigenvalue weighted by molar-refractivity contribution is -0.144. The van der Waals surface area contributed by atoms with Gasteiger partial charge < -0.3 is 9.30 Å². The molecule has 0 aliphatic heterocycles. The predicted molar refractivity (Wildman–Crippen MR) is 76.4 cm³/mol. The van der Waals surface area contributed by atoms with E-state index in [-0.39, 0.29) is 31.1 Å². The zero-order valence-electron chi connectivity index (χ0n) is 11.2. The fourth-order valence-electron chi connectivity index (χ4n) is 1.81. The van der Waals surface area contributed by atoms with E-state index in [1.807, 2.05) is 17.5 Å². The van der Waals surface area contributed by atoms with Gasteiger partial charge in [0.25, 0.3) is 0 Å². The van der Waals surface area contributed by atoms with Gasteiger partial charge in [0.15, 0.2) is 5.78 Å². The Morgan fingerprint density at radius 2 is 2.25 bits per heavy atom. The lowest BCUT2D eigenvalue weighted by Crippen LogP contribution is -2.13. The minimum absolute atomic E-state index is 0.00569. The molecular formula is C14H16N2O3S. The lowest BCUT2D eigenvalue weighted by atomic mass is 10.2. The number of nitrogens with zero attached hydrogens (tertiary/aromatic N) is 2. The zero-order chi connectivity index (χ0) is 14.4. The van der Waals surface area contributed by atoms with E-state index in [0.29, 0.717) is 6.61 Å². The van der Waals surface area contributed by atoms with E-state index in [1.54, 1.807) is 35.2 Å². The number of thiophene rings is 1. The minimum atomic E-state index is -0.329. The summed E-state index contributed by atoms with van der Waals surface area (Å²) in [5, 5.41) is 1.97. The summed E-state index contributed by atoms with van der Waals surface area (Å²) >= 11 is 1.58. The van der Waals surface area contributed by atoms with Crippen molar-refractivity contribution in [3.63, 3.8) is 0 Å². The molecule has 0 aromatic carbocycles. The van der Waals surface area contributed by atoms with Crippen molar-refractivity contribution in [1.82, 2.24) is 9.55 Å². The van der Waals surface area contributed by atoms with Crippen molar-refractivity contribution in [1.29, 1.82) is 0 Å². The average molecular weight is 292 g/mol. The molecule has 0 saturated carbocycles. The predicted octanol–water partition coefficient (Wildman–Crippen LogP) is 2.52. The Morgan fingerprint density at radius 3 is 2.95 bits per heavy atom. The Hall–Kier alpha value is -1.95. The molecule has 0 spiro atoms. The third-order valence-electron chi connectivity index (χ3n) is 2.72. The van der Waals surface area contributed by atoms with E-state index >= 15 is 0 Å². The van der Waals surface area contributed by atoms with Crippen molar-refractivity contribution in [3.05, 3.63) is 29.9 Å². The molecule has 0 aliphatic rings. The number of ether oxygens (including phenoxy) is 1. The summed E-state index contributed by atoms with van der Waals surface area (Å²) in [6, 6.07) is 3.91. The van der Waals surface area contributed by atoms with Crippen molar-refractivity contribution < 1.29 is 14.3 Å². The SMILES string of the molecule is CCOC(=O)CCC(=O)Cn1ccnc1-c1cccs1. The number of carbonyl (C=O) groups is 2. The smallest absolute Gasteiger partial charge is 0.306 e. The maximum absolute atomic E-state index is 11.9. The molecule has 2 heterocycles.